The molecule has 0 radical (unpaired) electrons. The van der Waals surface area contributed by atoms with E-state index in [-0.39, 0.29) is 5.97 Å². The first kappa shape index (κ1) is 13.6. The summed E-state index contributed by atoms with van der Waals surface area (Å²) in [5, 5.41) is 0.716. The highest BCUT2D eigenvalue weighted by Crippen LogP contribution is 2.20. The molecule has 106 valence electrons. The number of hydrogen-bond acceptors (Lipinski definition) is 3. The maximum Gasteiger partial charge on any atom is 0.337 e. The lowest BCUT2D eigenvalue weighted by Gasteiger charge is -2.00. The van der Waals surface area contributed by atoms with E-state index in [1.165, 1.54) is 7.11 Å². The van der Waals surface area contributed by atoms with Crippen molar-refractivity contribution in [3.63, 3.8) is 0 Å². The second-order valence-corrected chi connectivity index (χ2v) is 5.08. The fraction of sp³-hybridized carbons (Fsp3) is 0.125. The van der Waals surface area contributed by atoms with Crippen LogP contribution in [0.5, 0.6) is 0 Å². The predicted molar refractivity (Wildman–Crippen MR) is 81.7 cm³/mol. The Morgan fingerprint density at radius 1 is 1.29 bits per heavy atom. The first-order valence-electron chi connectivity index (χ1n) is 6.48. The van der Waals surface area contributed by atoms with Crippen LogP contribution in [0, 0.1) is 0 Å². The molecule has 1 aromatic heterocycles. The maximum atomic E-state index is 11.5. The van der Waals surface area contributed by atoms with E-state index in [0.29, 0.717) is 17.0 Å². The van der Waals surface area contributed by atoms with Gasteiger partial charge in [0.25, 0.3) is 0 Å². The molecule has 0 aliphatic carbocycles. The van der Waals surface area contributed by atoms with E-state index < -0.39 is 0 Å². The van der Waals surface area contributed by atoms with Gasteiger partial charge in [0.2, 0.25) is 0 Å². The smallest absolute Gasteiger partial charge is 0.337 e. The third kappa shape index (κ3) is 2.76. The number of esters is 1. The van der Waals surface area contributed by atoms with Crippen molar-refractivity contribution in [3.8, 4) is 0 Å². The molecule has 2 aromatic carbocycles. The number of imidazole rings is 1. The molecule has 0 atom stereocenters. The Morgan fingerprint density at radius 3 is 2.86 bits per heavy atom. The van der Waals surface area contributed by atoms with E-state index >= 15 is 0 Å². The number of H-pyrrole nitrogens is 1. The van der Waals surface area contributed by atoms with Gasteiger partial charge >= 0.3 is 5.97 Å². The van der Waals surface area contributed by atoms with Crippen molar-refractivity contribution in [1.29, 1.82) is 0 Å². The van der Waals surface area contributed by atoms with Crippen molar-refractivity contribution < 1.29 is 9.53 Å². The van der Waals surface area contributed by atoms with E-state index in [9.17, 15) is 4.79 Å². The van der Waals surface area contributed by atoms with Crippen LogP contribution >= 0.6 is 11.6 Å². The molecule has 0 saturated heterocycles. The number of carbonyl (C=O) groups excluding carboxylic acids is 1. The van der Waals surface area contributed by atoms with Gasteiger partial charge < -0.3 is 9.72 Å². The third-order valence-corrected chi connectivity index (χ3v) is 3.64. The van der Waals surface area contributed by atoms with E-state index in [1.54, 1.807) is 18.2 Å². The molecule has 1 heterocycles. The number of rotatable bonds is 3. The van der Waals surface area contributed by atoms with Crippen LogP contribution in [-0.2, 0) is 11.2 Å². The fourth-order valence-corrected chi connectivity index (χ4v) is 2.42. The average Bonchev–Trinajstić information content (AvgIpc) is 2.90. The number of halogens is 1. The van der Waals surface area contributed by atoms with Crippen molar-refractivity contribution in [2.24, 2.45) is 0 Å². The van der Waals surface area contributed by atoms with E-state index in [4.69, 9.17) is 16.3 Å². The molecule has 0 spiro atoms. The van der Waals surface area contributed by atoms with Gasteiger partial charge in [0.05, 0.1) is 23.7 Å². The highest BCUT2D eigenvalue weighted by molar-refractivity contribution is 6.31. The number of nitrogens with one attached hydrogen (secondary N) is 1. The number of aromatic amines is 1. The number of ether oxygens (including phenoxy) is 1. The van der Waals surface area contributed by atoms with Gasteiger partial charge in [-0.15, -0.1) is 0 Å². The lowest BCUT2D eigenvalue weighted by atomic mass is 10.1. The summed E-state index contributed by atoms with van der Waals surface area (Å²) in [7, 11) is 1.36. The van der Waals surface area contributed by atoms with Gasteiger partial charge in [0.15, 0.2) is 0 Å². The van der Waals surface area contributed by atoms with Gasteiger partial charge in [-0.2, -0.15) is 0 Å². The lowest BCUT2D eigenvalue weighted by molar-refractivity contribution is 0.0601. The molecule has 3 aromatic rings. The summed E-state index contributed by atoms with van der Waals surface area (Å²) in [5.74, 6) is 0.444. The standard InChI is InChI=1S/C16H13ClN2O2/c1-21-16(20)11-6-7-13-14(8-11)19-15(18-13)9-10-4-2-3-5-12(10)17/h2-8H,9H2,1H3,(H,18,19). The Balaban J connectivity index is 1.94. The molecule has 0 unspecified atom stereocenters. The van der Waals surface area contributed by atoms with Crippen LogP contribution in [0.2, 0.25) is 5.02 Å². The molecule has 5 heteroatoms. The highest BCUT2D eigenvalue weighted by atomic mass is 35.5. The molecule has 0 amide bonds. The minimum atomic E-state index is -0.362. The average molecular weight is 301 g/mol. The van der Waals surface area contributed by atoms with Crippen molar-refractivity contribution in [1.82, 2.24) is 9.97 Å². The van der Waals surface area contributed by atoms with Gasteiger partial charge in [-0.25, -0.2) is 9.78 Å². The Morgan fingerprint density at radius 2 is 2.10 bits per heavy atom. The third-order valence-electron chi connectivity index (χ3n) is 3.27. The summed E-state index contributed by atoms with van der Waals surface area (Å²) >= 11 is 6.16. The van der Waals surface area contributed by atoms with Gasteiger partial charge in [-0.1, -0.05) is 29.8 Å². The summed E-state index contributed by atoms with van der Waals surface area (Å²) < 4.78 is 4.71. The van der Waals surface area contributed by atoms with Crippen molar-refractivity contribution >= 4 is 28.6 Å². The Kier molecular flexibility index (Phi) is 3.62. The zero-order valence-corrected chi connectivity index (χ0v) is 12.1. The number of methoxy groups -OCH3 is 1. The van der Waals surface area contributed by atoms with E-state index in [0.717, 1.165) is 22.4 Å². The number of benzene rings is 2. The second kappa shape index (κ2) is 5.58. The van der Waals surface area contributed by atoms with E-state index in [1.807, 2.05) is 24.3 Å². The largest absolute Gasteiger partial charge is 0.465 e. The van der Waals surface area contributed by atoms with Crippen molar-refractivity contribution in [2.75, 3.05) is 7.11 Å². The molecule has 0 aliphatic rings. The van der Waals surface area contributed by atoms with Crippen LogP contribution in [-0.4, -0.2) is 23.0 Å². The van der Waals surface area contributed by atoms with Crippen LogP contribution in [0.1, 0.15) is 21.7 Å². The summed E-state index contributed by atoms with van der Waals surface area (Å²) in [6, 6.07) is 12.9. The zero-order valence-electron chi connectivity index (χ0n) is 11.4. The van der Waals surface area contributed by atoms with Crippen LogP contribution in [0.15, 0.2) is 42.5 Å². The molecular weight excluding hydrogens is 288 g/mol. The van der Waals surface area contributed by atoms with Crippen LogP contribution < -0.4 is 0 Å². The molecule has 0 aliphatic heterocycles. The number of carbonyl (C=O) groups is 1. The molecule has 1 N–H and O–H groups in total. The molecule has 0 saturated carbocycles. The summed E-state index contributed by atoms with van der Waals surface area (Å²) in [6.07, 6.45) is 0.613. The van der Waals surface area contributed by atoms with Gasteiger partial charge in [0.1, 0.15) is 5.82 Å². The van der Waals surface area contributed by atoms with Crippen LogP contribution in [0.3, 0.4) is 0 Å². The molecule has 21 heavy (non-hydrogen) atoms. The monoisotopic (exact) mass is 300 g/mol. The van der Waals surface area contributed by atoms with Crippen LogP contribution in [0.4, 0.5) is 0 Å². The number of nitrogens with zero attached hydrogens (tertiary/aromatic N) is 1. The number of hydrogen-bond donors (Lipinski definition) is 1. The van der Waals surface area contributed by atoms with Crippen molar-refractivity contribution in [3.05, 3.63) is 64.4 Å². The Hall–Kier alpha value is -2.33. The molecule has 0 bridgehead atoms. The molecule has 3 rings (SSSR count). The summed E-state index contributed by atoms with van der Waals surface area (Å²) in [6.45, 7) is 0. The minimum Gasteiger partial charge on any atom is -0.465 e. The number of fused-ring (bicyclic) bond motifs is 1. The lowest BCUT2D eigenvalue weighted by Crippen LogP contribution is -2.00. The maximum absolute atomic E-state index is 11.5. The van der Waals surface area contributed by atoms with E-state index in [2.05, 4.69) is 9.97 Å². The SMILES string of the molecule is COC(=O)c1ccc2nc(Cc3ccccc3Cl)[nH]c2c1. The Bertz CT molecular complexity index is 811. The normalized spacial score (nSPS) is 10.8. The molecule has 0 fully saturated rings. The first-order chi connectivity index (χ1) is 10.2. The van der Waals surface area contributed by atoms with Crippen LogP contribution in [0.25, 0.3) is 11.0 Å². The number of aromatic nitrogens is 2. The topological polar surface area (TPSA) is 55.0 Å². The van der Waals surface area contributed by atoms with Crippen molar-refractivity contribution in [2.45, 2.75) is 6.42 Å². The highest BCUT2D eigenvalue weighted by Gasteiger charge is 2.10. The van der Waals surface area contributed by atoms with Gasteiger partial charge in [-0.3, -0.25) is 0 Å². The zero-order chi connectivity index (χ0) is 14.8. The quantitative estimate of drug-likeness (QED) is 0.752. The minimum absolute atomic E-state index is 0.362. The predicted octanol–water partition coefficient (Wildman–Crippen LogP) is 3.59. The molecular formula is C16H13ClN2O2. The molecule has 4 nitrogen and oxygen atoms in total. The first-order valence-corrected chi connectivity index (χ1v) is 6.85. The summed E-state index contributed by atoms with van der Waals surface area (Å²) in [4.78, 5) is 19.2. The Labute approximate surface area is 126 Å². The van der Waals surface area contributed by atoms with Gasteiger partial charge in [-0.05, 0) is 29.8 Å². The van der Waals surface area contributed by atoms with Gasteiger partial charge in [0, 0.05) is 11.4 Å². The fourth-order valence-electron chi connectivity index (χ4n) is 2.21. The summed E-state index contributed by atoms with van der Waals surface area (Å²) in [5.41, 5.74) is 3.12. The second-order valence-electron chi connectivity index (χ2n) is 4.68.